The van der Waals surface area contributed by atoms with E-state index in [4.69, 9.17) is 5.26 Å². The van der Waals surface area contributed by atoms with E-state index < -0.39 is 0 Å². The number of hydrogen-bond donors (Lipinski definition) is 1. The topological polar surface area (TPSA) is 35.8 Å². The molecule has 1 aromatic carbocycles. The van der Waals surface area contributed by atoms with Crippen LogP contribution in [0.25, 0.3) is 0 Å². The maximum atomic E-state index is 8.94. The molecule has 0 bridgehead atoms. The Balaban J connectivity index is 1.74. The number of rotatable bonds is 5. The molecule has 0 saturated heterocycles. The van der Waals surface area contributed by atoms with E-state index in [1.165, 1.54) is 37.7 Å². The van der Waals surface area contributed by atoms with E-state index in [2.05, 4.69) is 31.3 Å². The molecular formula is C18H26N2. The standard InChI is InChI=1S/C18H26N2/c1-14-6-8-16(9-7-14)10-11-20-15(2)18-5-3-4-17(12-18)13-19/h3-5,12,14-16,20H,6-11H2,1-2H3. The fraction of sp³-hybridized carbons (Fsp3) is 0.611. The Labute approximate surface area is 123 Å². The van der Waals surface area contributed by atoms with Gasteiger partial charge in [-0.2, -0.15) is 5.26 Å². The van der Waals surface area contributed by atoms with E-state index in [-0.39, 0.29) is 0 Å². The Bertz CT molecular complexity index is 453. The lowest BCUT2D eigenvalue weighted by molar-refractivity contribution is 0.273. The van der Waals surface area contributed by atoms with E-state index >= 15 is 0 Å². The van der Waals surface area contributed by atoms with Crippen molar-refractivity contribution in [2.24, 2.45) is 11.8 Å². The zero-order valence-corrected chi connectivity index (χ0v) is 12.7. The average molecular weight is 270 g/mol. The molecule has 2 rings (SSSR count). The summed E-state index contributed by atoms with van der Waals surface area (Å²) in [5.74, 6) is 1.85. The Morgan fingerprint density at radius 3 is 2.75 bits per heavy atom. The van der Waals surface area contributed by atoms with Crippen molar-refractivity contribution in [1.29, 1.82) is 5.26 Å². The molecule has 1 N–H and O–H groups in total. The first-order valence-electron chi connectivity index (χ1n) is 7.92. The molecule has 2 heteroatoms. The van der Waals surface area contributed by atoms with Crippen molar-refractivity contribution in [2.75, 3.05) is 6.54 Å². The minimum absolute atomic E-state index is 0.325. The van der Waals surface area contributed by atoms with Gasteiger partial charge < -0.3 is 5.32 Å². The highest BCUT2D eigenvalue weighted by Crippen LogP contribution is 2.30. The molecule has 20 heavy (non-hydrogen) atoms. The van der Waals surface area contributed by atoms with Gasteiger partial charge in [-0.05, 0) is 49.4 Å². The van der Waals surface area contributed by atoms with Gasteiger partial charge in [-0.1, -0.05) is 44.7 Å². The van der Waals surface area contributed by atoms with Gasteiger partial charge in [-0.3, -0.25) is 0 Å². The monoisotopic (exact) mass is 270 g/mol. The number of benzene rings is 1. The Morgan fingerprint density at radius 2 is 2.05 bits per heavy atom. The zero-order valence-electron chi connectivity index (χ0n) is 12.7. The van der Waals surface area contributed by atoms with Crippen LogP contribution in [0.5, 0.6) is 0 Å². The summed E-state index contributed by atoms with van der Waals surface area (Å²) in [5.41, 5.74) is 1.96. The summed E-state index contributed by atoms with van der Waals surface area (Å²) >= 11 is 0. The third kappa shape index (κ3) is 4.35. The van der Waals surface area contributed by atoms with E-state index in [1.54, 1.807) is 0 Å². The maximum absolute atomic E-state index is 8.94. The van der Waals surface area contributed by atoms with Gasteiger partial charge >= 0.3 is 0 Å². The summed E-state index contributed by atoms with van der Waals surface area (Å²) in [5, 5.41) is 12.5. The lowest BCUT2D eigenvalue weighted by Crippen LogP contribution is -2.23. The van der Waals surface area contributed by atoms with Crippen molar-refractivity contribution in [3.8, 4) is 6.07 Å². The van der Waals surface area contributed by atoms with Crippen LogP contribution < -0.4 is 5.32 Å². The maximum Gasteiger partial charge on any atom is 0.0991 e. The van der Waals surface area contributed by atoms with Gasteiger partial charge in [0.1, 0.15) is 0 Å². The van der Waals surface area contributed by atoms with Crippen LogP contribution in [0.4, 0.5) is 0 Å². The first-order valence-corrected chi connectivity index (χ1v) is 7.92. The molecule has 108 valence electrons. The average Bonchev–Trinajstić information content (AvgIpc) is 2.49. The fourth-order valence-corrected chi connectivity index (χ4v) is 3.12. The van der Waals surface area contributed by atoms with E-state index in [0.29, 0.717) is 6.04 Å². The molecule has 1 unspecified atom stereocenters. The van der Waals surface area contributed by atoms with Crippen molar-refractivity contribution in [2.45, 2.75) is 52.0 Å². The smallest absolute Gasteiger partial charge is 0.0991 e. The van der Waals surface area contributed by atoms with E-state index in [9.17, 15) is 0 Å². The van der Waals surface area contributed by atoms with Gasteiger partial charge in [0.2, 0.25) is 0 Å². The molecule has 1 atom stereocenters. The van der Waals surface area contributed by atoms with Crippen LogP contribution in [-0.2, 0) is 0 Å². The van der Waals surface area contributed by atoms with Crippen LogP contribution in [0.2, 0.25) is 0 Å². The highest BCUT2D eigenvalue weighted by atomic mass is 14.9. The molecule has 0 aliphatic heterocycles. The van der Waals surface area contributed by atoms with Crippen LogP contribution in [0.1, 0.15) is 63.1 Å². The first-order chi connectivity index (χ1) is 9.69. The molecular weight excluding hydrogens is 244 g/mol. The summed E-state index contributed by atoms with van der Waals surface area (Å²) in [4.78, 5) is 0. The summed E-state index contributed by atoms with van der Waals surface area (Å²) in [7, 11) is 0. The van der Waals surface area contributed by atoms with Crippen molar-refractivity contribution in [3.63, 3.8) is 0 Å². The largest absolute Gasteiger partial charge is 0.310 e. The number of hydrogen-bond acceptors (Lipinski definition) is 2. The second kappa shape index (κ2) is 7.45. The predicted molar refractivity (Wildman–Crippen MR) is 83.3 cm³/mol. The summed E-state index contributed by atoms with van der Waals surface area (Å²) in [6, 6.07) is 10.4. The fourth-order valence-electron chi connectivity index (χ4n) is 3.12. The summed E-state index contributed by atoms with van der Waals surface area (Å²) in [6.07, 6.45) is 6.91. The highest BCUT2D eigenvalue weighted by Gasteiger charge is 2.17. The second-order valence-corrected chi connectivity index (χ2v) is 6.33. The van der Waals surface area contributed by atoms with Crippen LogP contribution >= 0.6 is 0 Å². The summed E-state index contributed by atoms with van der Waals surface area (Å²) < 4.78 is 0. The lowest BCUT2D eigenvalue weighted by atomic mass is 9.81. The number of nitrogens with one attached hydrogen (secondary N) is 1. The normalized spacial score (nSPS) is 24.1. The molecule has 0 radical (unpaired) electrons. The molecule has 0 heterocycles. The molecule has 1 saturated carbocycles. The zero-order chi connectivity index (χ0) is 14.4. The Hall–Kier alpha value is -1.33. The minimum Gasteiger partial charge on any atom is -0.310 e. The predicted octanol–water partition coefficient (Wildman–Crippen LogP) is 4.43. The second-order valence-electron chi connectivity index (χ2n) is 6.33. The molecule has 1 aromatic rings. The van der Waals surface area contributed by atoms with Gasteiger partial charge in [-0.25, -0.2) is 0 Å². The van der Waals surface area contributed by atoms with Crippen molar-refractivity contribution in [3.05, 3.63) is 35.4 Å². The molecule has 1 aliphatic rings. The summed E-state index contributed by atoms with van der Waals surface area (Å²) in [6.45, 7) is 5.63. The van der Waals surface area contributed by atoms with Gasteiger partial charge in [0.25, 0.3) is 0 Å². The van der Waals surface area contributed by atoms with Gasteiger partial charge in [0, 0.05) is 6.04 Å². The quantitative estimate of drug-likeness (QED) is 0.859. The molecule has 1 fully saturated rings. The van der Waals surface area contributed by atoms with E-state index in [0.717, 1.165) is 23.9 Å². The third-order valence-corrected chi connectivity index (χ3v) is 4.65. The Kier molecular flexibility index (Phi) is 5.61. The van der Waals surface area contributed by atoms with Gasteiger partial charge in [0.15, 0.2) is 0 Å². The van der Waals surface area contributed by atoms with Gasteiger partial charge in [0.05, 0.1) is 11.6 Å². The minimum atomic E-state index is 0.325. The third-order valence-electron chi connectivity index (χ3n) is 4.65. The molecule has 0 amide bonds. The van der Waals surface area contributed by atoms with Gasteiger partial charge in [-0.15, -0.1) is 0 Å². The highest BCUT2D eigenvalue weighted by molar-refractivity contribution is 5.33. The Morgan fingerprint density at radius 1 is 1.30 bits per heavy atom. The lowest BCUT2D eigenvalue weighted by Gasteiger charge is -2.26. The van der Waals surface area contributed by atoms with Crippen LogP contribution in [0, 0.1) is 23.2 Å². The molecule has 0 spiro atoms. The van der Waals surface area contributed by atoms with Crippen LogP contribution in [-0.4, -0.2) is 6.54 Å². The number of nitrogens with zero attached hydrogens (tertiary/aromatic N) is 1. The van der Waals surface area contributed by atoms with E-state index in [1.807, 2.05) is 18.2 Å². The number of nitriles is 1. The van der Waals surface area contributed by atoms with Crippen molar-refractivity contribution in [1.82, 2.24) is 5.32 Å². The van der Waals surface area contributed by atoms with Crippen LogP contribution in [0.3, 0.4) is 0 Å². The van der Waals surface area contributed by atoms with Crippen LogP contribution in [0.15, 0.2) is 24.3 Å². The first kappa shape index (κ1) is 15.1. The van der Waals surface area contributed by atoms with Crippen molar-refractivity contribution >= 4 is 0 Å². The molecule has 2 nitrogen and oxygen atoms in total. The SMILES string of the molecule is CC1CCC(CCNC(C)c2cccc(C#N)c2)CC1. The molecule has 1 aliphatic carbocycles. The van der Waals surface area contributed by atoms with Crippen molar-refractivity contribution < 1.29 is 0 Å². The molecule has 0 aromatic heterocycles.